The van der Waals surface area contributed by atoms with Gasteiger partial charge in [0.25, 0.3) is 5.91 Å². The Labute approximate surface area is 152 Å². The fourth-order valence-electron chi connectivity index (χ4n) is 2.35. The Morgan fingerprint density at radius 2 is 1.81 bits per heavy atom. The molecule has 2 aromatic carbocycles. The van der Waals surface area contributed by atoms with Crippen LogP contribution >= 0.6 is 11.3 Å². The van der Waals surface area contributed by atoms with Gasteiger partial charge >= 0.3 is 0 Å². The number of nitrogens with one attached hydrogen (secondary N) is 1. The minimum absolute atomic E-state index is 0.0300. The average molecular weight is 376 g/mol. The number of thiazole rings is 1. The predicted molar refractivity (Wildman–Crippen MR) is 95.0 cm³/mol. The van der Waals surface area contributed by atoms with Gasteiger partial charge in [0.2, 0.25) is 0 Å². The lowest BCUT2D eigenvalue weighted by atomic mass is 10.2. The molecule has 5 nitrogen and oxygen atoms in total. The van der Waals surface area contributed by atoms with Crippen LogP contribution < -0.4 is 14.8 Å². The summed E-state index contributed by atoms with van der Waals surface area (Å²) in [5.74, 6) is -2.26. The van der Waals surface area contributed by atoms with Crippen molar-refractivity contribution >= 4 is 22.9 Å². The molecule has 3 aromatic rings. The number of carbonyl (C=O) groups excluding carboxylic acids is 1. The Balaban J connectivity index is 1.83. The first-order chi connectivity index (χ1) is 12.5. The van der Waals surface area contributed by atoms with Crippen LogP contribution in [0.1, 0.15) is 10.5 Å². The number of benzene rings is 2. The van der Waals surface area contributed by atoms with Gasteiger partial charge in [-0.15, -0.1) is 11.3 Å². The van der Waals surface area contributed by atoms with E-state index in [9.17, 15) is 13.6 Å². The third-order valence-electron chi connectivity index (χ3n) is 3.53. The third kappa shape index (κ3) is 3.50. The lowest BCUT2D eigenvalue weighted by Crippen LogP contribution is -2.13. The molecule has 1 aromatic heterocycles. The molecule has 1 N–H and O–H groups in total. The molecule has 0 fully saturated rings. The van der Waals surface area contributed by atoms with Crippen molar-refractivity contribution in [3.05, 3.63) is 59.1 Å². The molecular formula is C18H14F2N2O3S. The van der Waals surface area contributed by atoms with E-state index in [1.165, 1.54) is 11.3 Å². The van der Waals surface area contributed by atoms with Crippen LogP contribution in [0.5, 0.6) is 11.5 Å². The molecule has 0 atom stereocenters. The van der Waals surface area contributed by atoms with Gasteiger partial charge in [0, 0.05) is 23.2 Å². The highest BCUT2D eigenvalue weighted by Gasteiger charge is 2.17. The number of anilines is 1. The van der Waals surface area contributed by atoms with E-state index >= 15 is 0 Å². The summed E-state index contributed by atoms with van der Waals surface area (Å²) in [7, 11) is 2.71. The molecular weight excluding hydrogens is 362 g/mol. The lowest BCUT2D eigenvalue weighted by Gasteiger charge is -2.07. The number of halogens is 2. The van der Waals surface area contributed by atoms with Gasteiger partial charge in [-0.05, 0) is 12.1 Å². The van der Waals surface area contributed by atoms with Crippen molar-refractivity contribution in [2.45, 2.75) is 0 Å². The molecule has 3 rings (SSSR count). The van der Waals surface area contributed by atoms with E-state index in [2.05, 4.69) is 15.0 Å². The van der Waals surface area contributed by atoms with Crippen molar-refractivity contribution in [1.82, 2.24) is 4.98 Å². The van der Waals surface area contributed by atoms with Crippen LogP contribution in [-0.4, -0.2) is 25.1 Å². The Kier molecular flexibility index (Phi) is 5.13. The molecule has 0 aliphatic rings. The minimum atomic E-state index is -0.907. The SMILES string of the molecule is COc1ccccc1-c1nc(C(=O)Nc2cc(F)c(OC)c(F)c2)cs1. The largest absolute Gasteiger partial charge is 0.496 e. The molecule has 1 amide bonds. The number of para-hydroxylation sites is 1. The van der Waals surface area contributed by atoms with Gasteiger partial charge < -0.3 is 14.8 Å². The first-order valence-corrected chi connectivity index (χ1v) is 8.34. The number of methoxy groups -OCH3 is 2. The highest BCUT2D eigenvalue weighted by molar-refractivity contribution is 7.13. The zero-order valence-corrected chi connectivity index (χ0v) is 14.7. The number of aromatic nitrogens is 1. The molecule has 0 saturated heterocycles. The maximum atomic E-state index is 13.7. The number of amides is 1. The van der Waals surface area contributed by atoms with Gasteiger partial charge in [-0.25, -0.2) is 13.8 Å². The lowest BCUT2D eigenvalue weighted by molar-refractivity contribution is 0.102. The molecule has 1 heterocycles. The first kappa shape index (κ1) is 17.8. The standard InChI is InChI=1S/C18H14F2N2O3S/c1-24-15-6-4-3-5-11(15)18-22-14(9-26-18)17(23)21-10-7-12(19)16(25-2)13(20)8-10/h3-9H,1-2H3,(H,21,23). The fraction of sp³-hybridized carbons (Fsp3) is 0.111. The van der Waals surface area contributed by atoms with E-state index < -0.39 is 23.3 Å². The zero-order chi connectivity index (χ0) is 18.7. The van der Waals surface area contributed by atoms with Crippen LogP contribution in [0.4, 0.5) is 14.5 Å². The molecule has 0 radical (unpaired) electrons. The number of hydrogen-bond donors (Lipinski definition) is 1. The van der Waals surface area contributed by atoms with Crippen molar-refractivity contribution in [3.63, 3.8) is 0 Å². The molecule has 0 bridgehead atoms. The smallest absolute Gasteiger partial charge is 0.275 e. The Morgan fingerprint density at radius 1 is 1.12 bits per heavy atom. The summed E-state index contributed by atoms with van der Waals surface area (Å²) in [6.45, 7) is 0. The molecule has 26 heavy (non-hydrogen) atoms. The van der Waals surface area contributed by atoms with Gasteiger partial charge in [0.15, 0.2) is 17.4 Å². The summed E-state index contributed by atoms with van der Waals surface area (Å²) in [6.07, 6.45) is 0. The fourth-order valence-corrected chi connectivity index (χ4v) is 3.17. The van der Waals surface area contributed by atoms with Crippen LogP contribution in [0, 0.1) is 11.6 Å². The van der Waals surface area contributed by atoms with Gasteiger partial charge in [-0.3, -0.25) is 4.79 Å². The van der Waals surface area contributed by atoms with Gasteiger partial charge in [-0.1, -0.05) is 12.1 Å². The zero-order valence-electron chi connectivity index (χ0n) is 13.9. The highest BCUT2D eigenvalue weighted by Crippen LogP contribution is 2.32. The van der Waals surface area contributed by atoms with E-state index in [-0.39, 0.29) is 11.4 Å². The van der Waals surface area contributed by atoms with E-state index in [0.29, 0.717) is 10.8 Å². The van der Waals surface area contributed by atoms with Crippen molar-refractivity contribution < 1.29 is 23.0 Å². The Morgan fingerprint density at radius 3 is 2.46 bits per heavy atom. The van der Waals surface area contributed by atoms with Crippen molar-refractivity contribution in [3.8, 4) is 22.1 Å². The minimum Gasteiger partial charge on any atom is -0.496 e. The van der Waals surface area contributed by atoms with Crippen LogP contribution in [0.2, 0.25) is 0 Å². The van der Waals surface area contributed by atoms with E-state index in [4.69, 9.17) is 4.74 Å². The second-order valence-corrected chi connectivity index (χ2v) is 6.02. The second-order valence-electron chi connectivity index (χ2n) is 5.17. The molecule has 8 heteroatoms. The monoisotopic (exact) mass is 376 g/mol. The van der Waals surface area contributed by atoms with E-state index in [1.807, 2.05) is 18.2 Å². The Hall–Kier alpha value is -3.00. The van der Waals surface area contributed by atoms with Crippen LogP contribution in [0.15, 0.2) is 41.8 Å². The summed E-state index contributed by atoms with van der Waals surface area (Å²) < 4.78 is 37.4. The molecule has 0 aliphatic carbocycles. The second kappa shape index (κ2) is 7.49. The first-order valence-electron chi connectivity index (χ1n) is 7.46. The summed E-state index contributed by atoms with van der Waals surface area (Å²) in [5.41, 5.74) is 0.853. The molecule has 0 spiro atoms. The normalized spacial score (nSPS) is 10.5. The summed E-state index contributed by atoms with van der Waals surface area (Å²) in [5, 5.41) is 4.58. The maximum Gasteiger partial charge on any atom is 0.275 e. The quantitative estimate of drug-likeness (QED) is 0.719. The van der Waals surface area contributed by atoms with E-state index in [1.54, 1.807) is 18.6 Å². The number of nitrogens with zero attached hydrogens (tertiary/aromatic N) is 1. The molecule has 0 saturated carbocycles. The predicted octanol–water partition coefficient (Wildman–Crippen LogP) is 4.36. The van der Waals surface area contributed by atoms with Crippen LogP contribution in [0.3, 0.4) is 0 Å². The number of rotatable bonds is 5. The topological polar surface area (TPSA) is 60.5 Å². The number of hydrogen-bond acceptors (Lipinski definition) is 5. The average Bonchev–Trinajstić information content (AvgIpc) is 3.11. The molecule has 134 valence electrons. The summed E-state index contributed by atoms with van der Waals surface area (Å²) in [6, 6.07) is 9.24. The summed E-state index contributed by atoms with van der Waals surface area (Å²) >= 11 is 1.26. The maximum absolute atomic E-state index is 13.7. The Bertz CT molecular complexity index is 936. The summed E-state index contributed by atoms with van der Waals surface area (Å²) in [4.78, 5) is 16.6. The molecule has 0 unspecified atom stereocenters. The van der Waals surface area contributed by atoms with Crippen LogP contribution in [-0.2, 0) is 0 Å². The van der Waals surface area contributed by atoms with Gasteiger partial charge in [0.05, 0.1) is 19.8 Å². The molecule has 0 aliphatic heterocycles. The van der Waals surface area contributed by atoms with Crippen LogP contribution in [0.25, 0.3) is 10.6 Å². The number of carbonyl (C=O) groups is 1. The number of ether oxygens (including phenoxy) is 2. The van der Waals surface area contributed by atoms with E-state index in [0.717, 1.165) is 24.8 Å². The van der Waals surface area contributed by atoms with Gasteiger partial charge in [0.1, 0.15) is 16.5 Å². The van der Waals surface area contributed by atoms with Gasteiger partial charge in [-0.2, -0.15) is 0 Å². The third-order valence-corrected chi connectivity index (χ3v) is 4.41. The highest BCUT2D eigenvalue weighted by atomic mass is 32.1. The van der Waals surface area contributed by atoms with Crippen molar-refractivity contribution in [2.24, 2.45) is 0 Å². The van der Waals surface area contributed by atoms with Crippen molar-refractivity contribution in [1.29, 1.82) is 0 Å². The van der Waals surface area contributed by atoms with Crippen molar-refractivity contribution in [2.75, 3.05) is 19.5 Å².